The summed E-state index contributed by atoms with van der Waals surface area (Å²) in [6.45, 7) is 0.641. The topological polar surface area (TPSA) is 77.2 Å². The van der Waals surface area contributed by atoms with Gasteiger partial charge in [0, 0.05) is 24.3 Å². The number of thioether (sulfide) groups is 1. The number of ether oxygens (including phenoxy) is 1. The van der Waals surface area contributed by atoms with Crippen LogP contribution in [0.4, 0.5) is 5.69 Å². The number of carbonyl (C=O) groups excluding carboxylic acids is 1. The Labute approximate surface area is 131 Å². The van der Waals surface area contributed by atoms with Crippen LogP contribution in [-0.2, 0) is 4.74 Å². The van der Waals surface area contributed by atoms with Gasteiger partial charge >= 0.3 is 0 Å². The van der Waals surface area contributed by atoms with Crippen LogP contribution in [0.15, 0.2) is 16.7 Å². The minimum absolute atomic E-state index is 0.178. The van der Waals surface area contributed by atoms with E-state index < -0.39 is 5.91 Å². The van der Waals surface area contributed by atoms with Crippen LogP contribution in [-0.4, -0.2) is 41.7 Å². The number of nitrogens with zero attached hydrogens (tertiary/aromatic N) is 1. The highest BCUT2D eigenvalue weighted by Crippen LogP contribution is 2.30. The summed E-state index contributed by atoms with van der Waals surface area (Å²) in [6, 6.07) is 1.81. The molecule has 0 saturated carbocycles. The van der Waals surface area contributed by atoms with Gasteiger partial charge in [-0.15, -0.1) is 0 Å². The van der Waals surface area contributed by atoms with Crippen molar-refractivity contribution in [2.24, 2.45) is 5.73 Å². The van der Waals surface area contributed by atoms with E-state index in [4.69, 9.17) is 10.5 Å². The number of primary amides is 1. The molecule has 0 aliphatic carbocycles. The molecular weight excluding hydrogens is 342 g/mol. The number of amides is 1. The minimum Gasteiger partial charge on any atom is -0.380 e. The van der Waals surface area contributed by atoms with Gasteiger partial charge in [-0.25, -0.2) is 4.98 Å². The van der Waals surface area contributed by atoms with Crippen LogP contribution in [0.5, 0.6) is 0 Å². The molecule has 1 aromatic heterocycles. The molecule has 0 aromatic carbocycles. The Balaban J connectivity index is 2.13. The fourth-order valence-corrected chi connectivity index (χ4v) is 3.79. The molecule has 2 rings (SSSR count). The van der Waals surface area contributed by atoms with Crippen molar-refractivity contribution in [1.82, 2.24) is 4.98 Å². The Bertz CT molecular complexity index is 493. The molecule has 2 heterocycles. The van der Waals surface area contributed by atoms with Gasteiger partial charge in [0.05, 0.1) is 11.3 Å². The molecule has 0 spiro atoms. The van der Waals surface area contributed by atoms with Gasteiger partial charge in [-0.05, 0) is 46.3 Å². The molecular formula is C13H18BrN3O2S. The maximum atomic E-state index is 11.4. The summed E-state index contributed by atoms with van der Waals surface area (Å²) in [5.74, 6) is 1.65. The summed E-state index contributed by atoms with van der Waals surface area (Å²) in [7, 11) is 1.74. The molecule has 0 atom stereocenters. The minimum atomic E-state index is -0.536. The van der Waals surface area contributed by atoms with E-state index in [1.165, 1.54) is 0 Å². The van der Waals surface area contributed by atoms with Gasteiger partial charge in [-0.3, -0.25) is 4.79 Å². The van der Waals surface area contributed by atoms with Gasteiger partial charge in [0.25, 0.3) is 5.91 Å². The molecule has 0 unspecified atom stereocenters. The quantitative estimate of drug-likeness (QED) is 0.842. The van der Waals surface area contributed by atoms with Gasteiger partial charge in [0.2, 0.25) is 0 Å². The van der Waals surface area contributed by atoms with E-state index in [1.807, 2.05) is 17.8 Å². The first-order chi connectivity index (χ1) is 9.56. The highest BCUT2D eigenvalue weighted by atomic mass is 79.9. The van der Waals surface area contributed by atoms with Crippen molar-refractivity contribution < 1.29 is 9.53 Å². The second kappa shape index (κ2) is 6.78. The van der Waals surface area contributed by atoms with E-state index >= 15 is 0 Å². The molecule has 1 saturated heterocycles. The van der Waals surface area contributed by atoms with Crippen molar-refractivity contribution in [3.05, 3.63) is 22.4 Å². The van der Waals surface area contributed by atoms with Crippen LogP contribution in [0.25, 0.3) is 0 Å². The second-order valence-corrected chi connectivity index (χ2v) is 6.91. The van der Waals surface area contributed by atoms with Crippen LogP contribution in [0.3, 0.4) is 0 Å². The van der Waals surface area contributed by atoms with E-state index in [2.05, 4.69) is 26.2 Å². The van der Waals surface area contributed by atoms with Crippen molar-refractivity contribution in [3.63, 3.8) is 0 Å². The molecule has 110 valence electrons. The zero-order valence-electron chi connectivity index (χ0n) is 11.3. The highest BCUT2D eigenvalue weighted by molar-refractivity contribution is 9.10. The molecule has 1 aliphatic rings. The summed E-state index contributed by atoms with van der Waals surface area (Å²) >= 11 is 5.30. The number of halogens is 1. The third-order valence-electron chi connectivity index (χ3n) is 3.53. The summed E-state index contributed by atoms with van der Waals surface area (Å²) in [5, 5.41) is 3.27. The lowest BCUT2D eigenvalue weighted by molar-refractivity contribution is -0.00550. The normalized spacial score (nSPS) is 17.7. The monoisotopic (exact) mass is 359 g/mol. The molecule has 1 amide bonds. The zero-order valence-corrected chi connectivity index (χ0v) is 13.7. The van der Waals surface area contributed by atoms with Gasteiger partial charge in [-0.2, -0.15) is 11.8 Å². The Morgan fingerprint density at radius 2 is 2.30 bits per heavy atom. The van der Waals surface area contributed by atoms with Crippen molar-refractivity contribution >= 4 is 39.3 Å². The van der Waals surface area contributed by atoms with Crippen molar-refractivity contribution in [3.8, 4) is 0 Å². The lowest BCUT2D eigenvalue weighted by Crippen LogP contribution is -2.42. The number of anilines is 1. The van der Waals surface area contributed by atoms with Crippen LogP contribution in [0.2, 0.25) is 0 Å². The number of nitrogens with one attached hydrogen (secondary N) is 1. The number of rotatable bonds is 5. The summed E-state index contributed by atoms with van der Waals surface area (Å²) in [5.41, 5.74) is 6.06. The van der Waals surface area contributed by atoms with Crippen molar-refractivity contribution in [1.29, 1.82) is 0 Å². The Morgan fingerprint density at radius 3 is 2.90 bits per heavy atom. The molecule has 7 heteroatoms. The molecule has 1 aromatic rings. The van der Waals surface area contributed by atoms with E-state index in [1.54, 1.807) is 13.3 Å². The number of aromatic nitrogens is 1. The molecule has 5 nitrogen and oxygen atoms in total. The number of hydrogen-bond donors (Lipinski definition) is 2. The van der Waals surface area contributed by atoms with E-state index in [0.29, 0.717) is 12.2 Å². The maximum Gasteiger partial charge on any atom is 0.269 e. The van der Waals surface area contributed by atoms with Gasteiger partial charge < -0.3 is 15.8 Å². The fraction of sp³-hybridized carbons (Fsp3) is 0.538. The highest BCUT2D eigenvalue weighted by Gasteiger charge is 2.32. The average Bonchev–Trinajstić information content (AvgIpc) is 2.46. The lowest BCUT2D eigenvalue weighted by atomic mass is 9.96. The Kier molecular flexibility index (Phi) is 5.29. The standard InChI is InChI=1S/C13H18BrN3O2S/c1-19-13(2-4-20-5-3-13)8-17-10-6-9(14)7-16-11(10)12(15)18/h6-7,17H,2-5,8H2,1H3,(H2,15,18). The lowest BCUT2D eigenvalue weighted by Gasteiger charge is -2.36. The second-order valence-electron chi connectivity index (χ2n) is 4.77. The third kappa shape index (κ3) is 3.65. The van der Waals surface area contributed by atoms with Gasteiger partial charge in [0.15, 0.2) is 5.69 Å². The van der Waals surface area contributed by atoms with Crippen LogP contribution in [0.1, 0.15) is 23.3 Å². The number of methoxy groups -OCH3 is 1. The van der Waals surface area contributed by atoms with E-state index in [9.17, 15) is 4.79 Å². The van der Waals surface area contributed by atoms with Crippen molar-refractivity contribution in [2.45, 2.75) is 18.4 Å². The SMILES string of the molecule is COC1(CNc2cc(Br)cnc2C(N)=O)CCSCC1. The summed E-state index contributed by atoms with van der Waals surface area (Å²) < 4.78 is 6.51. The van der Waals surface area contributed by atoms with Crippen LogP contribution >= 0.6 is 27.7 Å². The first-order valence-corrected chi connectivity index (χ1v) is 8.33. The number of hydrogen-bond acceptors (Lipinski definition) is 5. The van der Waals surface area contributed by atoms with Crippen LogP contribution < -0.4 is 11.1 Å². The Morgan fingerprint density at radius 1 is 1.60 bits per heavy atom. The van der Waals surface area contributed by atoms with Gasteiger partial charge in [0.1, 0.15) is 0 Å². The molecule has 3 N–H and O–H groups in total. The first kappa shape index (κ1) is 15.6. The number of nitrogens with two attached hydrogens (primary N) is 1. The van der Waals surface area contributed by atoms with Crippen LogP contribution in [0, 0.1) is 0 Å². The maximum absolute atomic E-state index is 11.4. The van der Waals surface area contributed by atoms with E-state index in [0.717, 1.165) is 28.8 Å². The number of carbonyl (C=O) groups is 1. The average molecular weight is 360 g/mol. The molecule has 1 fully saturated rings. The first-order valence-electron chi connectivity index (χ1n) is 6.38. The van der Waals surface area contributed by atoms with Gasteiger partial charge in [-0.1, -0.05) is 0 Å². The predicted octanol–water partition coefficient (Wildman–Crippen LogP) is 2.27. The molecule has 0 radical (unpaired) electrons. The summed E-state index contributed by atoms with van der Waals surface area (Å²) in [6.07, 6.45) is 3.55. The number of pyridine rings is 1. The summed E-state index contributed by atoms with van der Waals surface area (Å²) in [4.78, 5) is 15.5. The predicted molar refractivity (Wildman–Crippen MR) is 85.2 cm³/mol. The third-order valence-corrected chi connectivity index (χ3v) is 4.95. The van der Waals surface area contributed by atoms with E-state index in [-0.39, 0.29) is 11.3 Å². The fourth-order valence-electron chi connectivity index (χ4n) is 2.22. The molecule has 1 aliphatic heterocycles. The zero-order chi connectivity index (χ0) is 14.6. The molecule has 0 bridgehead atoms. The van der Waals surface area contributed by atoms with Crippen molar-refractivity contribution in [2.75, 3.05) is 30.5 Å². The smallest absolute Gasteiger partial charge is 0.269 e. The largest absolute Gasteiger partial charge is 0.380 e. The molecule has 20 heavy (non-hydrogen) atoms. The Hall–Kier alpha value is -0.790.